The van der Waals surface area contributed by atoms with Gasteiger partial charge in [-0.1, -0.05) is 0 Å². The minimum atomic E-state index is 0.796. The fourth-order valence-electron chi connectivity index (χ4n) is 1.77. The van der Waals surface area contributed by atoms with E-state index in [4.69, 9.17) is 0 Å². The lowest BCUT2D eigenvalue weighted by Crippen LogP contribution is -2.07. The molecule has 92 valence electrons. The minimum Gasteiger partial charge on any atom is -0.369 e. The highest BCUT2D eigenvalue weighted by atomic mass is 32.1. The third-order valence-corrected chi connectivity index (χ3v) is 3.32. The van der Waals surface area contributed by atoms with Gasteiger partial charge in [0.25, 0.3) is 0 Å². The highest BCUT2D eigenvalue weighted by molar-refractivity contribution is 7.07. The fraction of sp³-hybridized carbons (Fsp3) is 0.273. The highest BCUT2D eigenvalue weighted by Crippen LogP contribution is 2.17. The van der Waals surface area contributed by atoms with E-state index in [1.54, 1.807) is 28.5 Å². The number of rotatable bonds is 4. The van der Waals surface area contributed by atoms with Gasteiger partial charge in [0, 0.05) is 25.4 Å². The Morgan fingerprint density at radius 2 is 2.28 bits per heavy atom. The first-order valence-corrected chi connectivity index (χ1v) is 6.52. The zero-order chi connectivity index (χ0) is 12.4. The zero-order valence-electron chi connectivity index (χ0n) is 9.87. The molecule has 6 nitrogen and oxygen atoms in total. The monoisotopic (exact) mass is 260 g/mol. The van der Waals surface area contributed by atoms with E-state index < -0.39 is 0 Å². The number of aromatic nitrogens is 5. The van der Waals surface area contributed by atoms with Crippen molar-refractivity contribution < 1.29 is 0 Å². The SMILES string of the molecule is Cn1ncc2c(NCCc3cscn3)ncnc21. The van der Waals surface area contributed by atoms with Crippen molar-refractivity contribution in [3.05, 3.63) is 29.1 Å². The molecule has 0 bridgehead atoms. The molecule has 0 aliphatic carbocycles. The topological polar surface area (TPSA) is 68.5 Å². The van der Waals surface area contributed by atoms with E-state index in [0.29, 0.717) is 0 Å². The molecule has 0 aliphatic rings. The lowest BCUT2D eigenvalue weighted by molar-refractivity contribution is 0.785. The van der Waals surface area contributed by atoms with Gasteiger partial charge in [0.15, 0.2) is 5.65 Å². The Morgan fingerprint density at radius 1 is 1.33 bits per heavy atom. The quantitative estimate of drug-likeness (QED) is 0.769. The fourth-order valence-corrected chi connectivity index (χ4v) is 2.37. The van der Waals surface area contributed by atoms with Crippen LogP contribution in [0.1, 0.15) is 5.69 Å². The van der Waals surface area contributed by atoms with Crippen LogP contribution in [-0.4, -0.2) is 31.3 Å². The van der Waals surface area contributed by atoms with Gasteiger partial charge in [-0.25, -0.2) is 15.0 Å². The Bertz CT molecular complexity index is 645. The smallest absolute Gasteiger partial charge is 0.163 e. The van der Waals surface area contributed by atoms with Gasteiger partial charge in [0.05, 0.1) is 22.8 Å². The molecule has 0 aromatic carbocycles. The molecule has 3 aromatic rings. The first kappa shape index (κ1) is 11.1. The third kappa shape index (κ3) is 2.04. The van der Waals surface area contributed by atoms with Crippen molar-refractivity contribution in [3.8, 4) is 0 Å². The molecule has 3 aromatic heterocycles. The van der Waals surface area contributed by atoms with Crippen LogP contribution in [-0.2, 0) is 13.5 Å². The third-order valence-electron chi connectivity index (χ3n) is 2.69. The maximum Gasteiger partial charge on any atom is 0.163 e. The average Bonchev–Trinajstić information content (AvgIpc) is 3.01. The number of hydrogen-bond acceptors (Lipinski definition) is 6. The van der Waals surface area contributed by atoms with Crippen LogP contribution in [0, 0.1) is 0 Å². The number of fused-ring (bicyclic) bond motifs is 1. The molecule has 0 fully saturated rings. The van der Waals surface area contributed by atoms with Crippen LogP contribution in [0.4, 0.5) is 5.82 Å². The lowest BCUT2D eigenvalue weighted by atomic mass is 10.3. The Kier molecular flexibility index (Phi) is 2.89. The molecule has 0 amide bonds. The summed E-state index contributed by atoms with van der Waals surface area (Å²) in [5.41, 5.74) is 3.78. The standard InChI is InChI=1S/C11H12N6S/c1-17-11-9(4-16-17)10(13-6-14-11)12-3-2-8-5-18-7-15-8/h4-7H,2-3H2,1H3,(H,12,13,14). The number of nitrogens with zero attached hydrogens (tertiary/aromatic N) is 5. The molecular weight excluding hydrogens is 248 g/mol. The summed E-state index contributed by atoms with van der Waals surface area (Å²) in [4.78, 5) is 12.7. The van der Waals surface area contributed by atoms with Gasteiger partial charge in [-0.2, -0.15) is 5.10 Å². The lowest BCUT2D eigenvalue weighted by Gasteiger charge is -2.04. The van der Waals surface area contributed by atoms with Crippen LogP contribution in [0.25, 0.3) is 11.0 Å². The summed E-state index contributed by atoms with van der Waals surface area (Å²) in [6.07, 6.45) is 4.21. The van der Waals surface area contributed by atoms with E-state index in [1.807, 2.05) is 12.6 Å². The van der Waals surface area contributed by atoms with Crippen LogP contribution >= 0.6 is 11.3 Å². The van der Waals surface area contributed by atoms with E-state index >= 15 is 0 Å². The summed E-state index contributed by atoms with van der Waals surface area (Å²) in [7, 11) is 1.87. The summed E-state index contributed by atoms with van der Waals surface area (Å²) in [5.74, 6) is 0.823. The molecule has 0 aliphatic heterocycles. The molecule has 3 heterocycles. The molecule has 1 N–H and O–H groups in total. The summed E-state index contributed by atoms with van der Waals surface area (Å²) in [6, 6.07) is 0. The first-order chi connectivity index (χ1) is 8.84. The number of anilines is 1. The van der Waals surface area contributed by atoms with Crippen LogP contribution in [0.3, 0.4) is 0 Å². The molecule has 0 unspecified atom stereocenters. The van der Waals surface area contributed by atoms with Gasteiger partial charge >= 0.3 is 0 Å². The number of aryl methyl sites for hydroxylation is 1. The Labute approximate surface area is 108 Å². The predicted octanol–water partition coefficient (Wildman–Crippen LogP) is 1.47. The molecule has 18 heavy (non-hydrogen) atoms. The summed E-state index contributed by atoms with van der Waals surface area (Å²) in [6.45, 7) is 0.796. The maximum absolute atomic E-state index is 4.25. The molecular formula is C11H12N6S. The van der Waals surface area contributed by atoms with E-state index in [9.17, 15) is 0 Å². The Hall–Kier alpha value is -2.02. The first-order valence-electron chi connectivity index (χ1n) is 5.58. The van der Waals surface area contributed by atoms with Gasteiger partial charge in [0.2, 0.25) is 0 Å². The van der Waals surface area contributed by atoms with Crippen molar-refractivity contribution in [2.24, 2.45) is 7.05 Å². The van der Waals surface area contributed by atoms with Crippen molar-refractivity contribution in [2.75, 3.05) is 11.9 Å². The van der Waals surface area contributed by atoms with Crippen molar-refractivity contribution in [3.63, 3.8) is 0 Å². The van der Waals surface area contributed by atoms with Gasteiger partial charge in [-0.3, -0.25) is 4.68 Å². The van der Waals surface area contributed by atoms with Crippen molar-refractivity contribution in [1.82, 2.24) is 24.7 Å². The molecule has 0 radical (unpaired) electrons. The average molecular weight is 260 g/mol. The zero-order valence-corrected chi connectivity index (χ0v) is 10.7. The van der Waals surface area contributed by atoms with Crippen LogP contribution in [0.2, 0.25) is 0 Å². The van der Waals surface area contributed by atoms with E-state index in [-0.39, 0.29) is 0 Å². The minimum absolute atomic E-state index is 0.796. The molecule has 7 heteroatoms. The van der Waals surface area contributed by atoms with Crippen molar-refractivity contribution in [1.29, 1.82) is 0 Å². The second-order valence-electron chi connectivity index (χ2n) is 3.88. The molecule has 0 saturated carbocycles. The number of thiazole rings is 1. The Morgan fingerprint density at radius 3 is 3.11 bits per heavy atom. The van der Waals surface area contributed by atoms with Gasteiger partial charge in [-0.05, 0) is 0 Å². The van der Waals surface area contributed by atoms with E-state index in [1.165, 1.54) is 0 Å². The van der Waals surface area contributed by atoms with E-state index in [2.05, 4.69) is 30.7 Å². The van der Waals surface area contributed by atoms with Gasteiger partial charge in [0.1, 0.15) is 12.1 Å². The molecule has 0 saturated heterocycles. The predicted molar refractivity (Wildman–Crippen MR) is 70.6 cm³/mol. The molecule has 0 spiro atoms. The van der Waals surface area contributed by atoms with E-state index in [0.717, 1.165) is 35.5 Å². The van der Waals surface area contributed by atoms with Crippen molar-refractivity contribution in [2.45, 2.75) is 6.42 Å². The normalized spacial score (nSPS) is 10.9. The van der Waals surface area contributed by atoms with Crippen molar-refractivity contribution >= 4 is 28.2 Å². The van der Waals surface area contributed by atoms with Crippen LogP contribution in [0.15, 0.2) is 23.4 Å². The largest absolute Gasteiger partial charge is 0.369 e. The molecule has 0 atom stereocenters. The highest BCUT2D eigenvalue weighted by Gasteiger charge is 2.06. The summed E-state index contributed by atoms with van der Waals surface area (Å²) < 4.78 is 1.74. The number of hydrogen-bond donors (Lipinski definition) is 1. The Balaban J connectivity index is 1.74. The van der Waals surface area contributed by atoms with Gasteiger partial charge in [-0.15, -0.1) is 11.3 Å². The maximum atomic E-state index is 4.25. The molecule has 3 rings (SSSR count). The second kappa shape index (κ2) is 4.69. The van der Waals surface area contributed by atoms with Gasteiger partial charge < -0.3 is 5.32 Å². The number of nitrogens with one attached hydrogen (secondary N) is 1. The van der Waals surface area contributed by atoms with Crippen LogP contribution < -0.4 is 5.32 Å². The summed E-state index contributed by atoms with van der Waals surface area (Å²) in [5, 5.41) is 10.5. The second-order valence-corrected chi connectivity index (χ2v) is 4.60. The summed E-state index contributed by atoms with van der Waals surface area (Å²) >= 11 is 1.61. The van der Waals surface area contributed by atoms with Crippen LogP contribution in [0.5, 0.6) is 0 Å².